The molecule has 262 valence electrons. The van der Waals surface area contributed by atoms with Crippen LogP contribution in [-0.2, 0) is 36.9 Å². The van der Waals surface area contributed by atoms with Crippen molar-refractivity contribution in [2.75, 3.05) is 26.9 Å². The molecule has 0 spiro atoms. The first-order valence-electron chi connectivity index (χ1n) is 16.5. The normalized spacial score (nSPS) is 20.4. The molecule has 0 radical (unpaired) electrons. The fourth-order valence-electron chi connectivity index (χ4n) is 5.96. The number of hydrogen-bond acceptors (Lipinski definition) is 11. The number of imidazole rings is 1. The summed E-state index contributed by atoms with van der Waals surface area (Å²) in [6.07, 6.45) is 3.37. The predicted molar refractivity (Wildman–Crippen MR) is 188 cm³/mol. The number of benzene rings is 1. The number of pyridine rings is 2. The molecule has 1 unspecified atom stereocenters. The lowest BCUT2D eigenvalue weighted by Gasteiger charge is -2.19. The molecule has 2 aliphatic heterocycles. The van der Waals surface area contributed by atoms with Crippen LogP contribution in [0.2, 0.25) is 30.7 Å². The molecule has 5 aromatic rings. The topological polar surface area (TPSA) is 145 Å². The molecule has 13 nitrogen and oxygen atoms in total. The first-order valence-corrected chi connectivity index (χ1v) is 20.5. The molecule has 6 heterocycles. The largest absolute Gasteiger partial charge is 0.469 e. The molecule has 0 bridgehead atoms. The van der Waals surface area contributed by atoms with Crippen LogP contribution in [0, 0.1) is 0 Å². The Morgan fingerprint density at radius 2 is 1.78 bits per heavy atom. The molecule has 1 aromatic carbocycles. The summed E-state index contributed by atoms with van der Waals surface area (Å²) in [5.41, 5.74) is 5.18. The number of aliphatic hydroxyl groups is 1. The molecule has 15 heteroatoms. The van der Waals surface area contributed by atoms with E-state index in [9.17, 15) is 9.90 Å². The maximum Gasteiger partial charge on any atom is 0.310 e. The summed E-state index contributed by atoms with van der Waals surface area (Å²) in [5, 5.41) is 15.0. The molecule has 0 aliphatic carbocycles. The first-order chi connectivity index (χ1) is 24.1. The Labute approximate surface area is 295 Å². The van der Waals surface area contributed by atoms with E-state index in [2.05, 4.69) is 29.7 Å². The molecule has 7 rings (SSSR count). The number of halogens is 1. The summed E-state index contributed by atoms with van der Waals surface area (Å²) in [4.78, 5) is 25.8. The Morgan fingerprint density at radius 1 is 1.02 bits per heavy atom. The van der Waals surface area contributed by atoms with Gasteiger partial charge in [0.15, 0.2) is 17.6 Å². The van der Waals surface area contributed by atoms with E-state index >= 15 is 0 Å². The van der Waals surface area contributed by atoms with Gasteiger partial charge < -0.3 is 28.8 Å². The third-order valence-corrected chi connectivity index (χ3v) is 10.8. The zero-order valence-corrected chi connectivity index (χ0v) is 30.0. The average Bonchev–Trinajstić information content (AvgIpc) is 3.89. The zero-order valence-electron chi connectivity index (χ0n) is 28.3. The zero-order chi connectivity index (χ0) is 35.0. The summed E-state index contributed by atoms with van der Waals surface area (Å²) in [7, 11) is 0.0695. The van der Waals surface area contributed by atoms with Gasteiger partial charge in [-0.15, -0.1) is 0 Å². The smallest absolute Gasteiger partial charge is 0.310 e. The van der Waals surface area contributed by atoms with Gasteiger partial charge >= 0.3 is 12.0 Å². The fourth-order valence-corrected chi connectivity index (χ4v) is 6.98. The van der Waals surface area contributed by atoms with E-state index < -0.39 is 26.4 Å². The van der Waals surface area contributed by atoms with Crippen molar-refractivity contribution in [3.63, 3.8) is 0 Å². The highest BCUT2D eigenvalue weighted by Crippen LogP contribution is 2.35. The number of nitrogens with zero attached hydrogens (tertiary/aromatic N) is 6. The van der Waals surface area contributed by atoms with Gasteiger partial charge in [0.2, 0.25) is 0 Å². The van der Waals surface area contributed by atoms with Crippen LogP contribution in [0.3, 0.4) is 0 Å². The Morgan fingerprint density at radius 3 is 2.52 bits per heavy atom. The van der Waals surface area contributed by atoms with Gasteiger partial charge in [-0.2, -0.15) is 10.1 Å². The van der Waals surface area contributed by atoms with Crippen LogP contribution in [0.1, 0.15) is 5.56 Å². The summed E-state index contributed by atoms with van der Waals surface area (Å²) in [6, 6.07) is 14.9. The maximum atomic E-state index is 11.6. The van der Waals surface area contributed by atoms with Gasteiger partial charge in [-0.25, -0.2) is 14.6 Å². The van der Waals surface area contributed by atoms with Gasteiger partial charge in [-0.1, -0.05) is 55.5 Å². The highest BCUT2D eigenvalue weighted by molar-refractivity contribution is 6.76. The second-order valence-corrected chi connectivity index (χ2v) is 19.7. The molecular weight excluding hydrogens is 680 g/mol. The summed E-state index contributed by atoms with van der Waals surface area (Å²) >= 11 is 6.88. The summed E-state index contributed by atoms with van der Waals surface area (Å²) in [5.74, 6) is 0.303. The number of esters is 1. The highest BCUT2D eigenvalue weighted by atomic mass is 35.5. The Bertz CT molecular complexity index is 1980. The van der Waals surface area contributed by atoms with E-state index in [0.717, 1.165) is 28.3 Å². The van der Waals surface area contributed by atoms with Crippen LogP contribution in [0.4, 0.5) is 0 Å². The van der Waals surface area contributed by atoms with Crippen molar-refractivity contribution in [1.29, 1.82) is 0 Å². The second-order valence-electron chi connectivity index (χ2n) is 13.7. The van der Waals surface area contributed by atoms with Gasteiger partial charge in [0.25, 0.3) is 0 Å². The number of fused-ring (bicyclic) bond motifs is 2. The van der Waals surface area contributed by atoms with Gasteiger partial charge in [0.05, 0.1) is 49.2 Å². The number of aromatic nitrogens is 6. The van der Waals surface area contributed by atoms with Gasteiger partial charge in [-0.3, -0.25) is 9.36 Å². The molecule has 2 aliphatic rings. The first kappa shape index (κ1) is 34.3. The molecule has 0 amide bonds. The Kier molecular flexibility index (Phi) is 9.74. The number of carbonyl (C=O) groups is 1. The summed E-state index contributed by atoms with van der Waals surface area (Å²) in [6.45, 7) is 8.24. The average molecular weight is 719 g/mol. The molecule has 2 saturated heterocycles. The lowest BCUT2D eigenvalue weighted by molar-refractivity contribution is -0.139. The molecular formula is C35H39ClN6O7Si. The minimum atomic E-state index is -1.29. The number of methoxy groups -OCH3 is 1. The fraction of sp³-hybridized carbons (Fsp3) is 0.400. The van der Waals surface area contributed by atoms with Gasteiger partial charge in [-0.05, 0) is 29.8 Å². The lowest BCUT2D eigenvalue weighted by atomic mass is 10.0. The lowest BCUT2D eigenvalue weighted by Crippen LogP contribution is -2.35. The summed E-state index contributed by atoms with van der Waals surface area (Å²) < 4.78 is 32.2. The van der Waals surface area contributed by atoms with Crippen molar-refractivity contribution < 1.29 is 33.6 Å². The van der Waals surface area contributed by atoms with Crippen molar-refractivity contribution >= 4 is 36.8 Å². The predicted octanol–water partition coefficient (Wildman–Crippen LogP) is 4.93. The molecule has 2 fully saturated rings. The molecule has 4 aromatic heterocycles. The van der Waals surface area contributed by atoms with Crippen molar-refractivity contribution in [3.8, 4) is 34.2 Å². The van der Waals surface area contributed by atoms with Gasteiger partial charge in [0, 0.05) is 43.8 Å². The number of rotatable bonds is 12. The monoisotopic (exact) mass is 718 g/mol. The van der Waals surface area contributed by atoms with Gasteiger partial charge in [0.1, 0.15) is 25.0 Å². The van der Waals surface area contributed by atoms with Crippen LogP contribution in [-0.4, -0.2) is 99.8 Å². The minimum absolute atomic E-state index is 0.148. The second kappa shape index (κ2) is 14.2. The SMILES string of the molecule is COC(=O)Cc1cnn(-c2ccc(-c3ccc(-c4nc5nc(O[C@@H]6COC7[C@H](O)CO[C@@H]76)n(COCC[Si](C)(C)C)c5cc4Cl)cc3)cn2)c1. The van der Waals surface area contributed by atoms with E-state index in [-0.39, 0.29) is 38.4 Å². The highest BCUT2D eigenvalue weighted by Gasteiger charge is 2.49. The van der Waals surface area contributed by atoms with Crippen LogP contribution in [0.25, 0.3) is 39.4 Å². The third-order valence-electron chi connectivity index (χ3n) is 8.80. The van der Waals surface area contributed by atoms with E-state index in [4.69, 9.17) is 45.3 Å². The van der Waals surface area contributed by atoms with E-state index in [1.165, 1.54) is 7.11 Å². The molecule has 1 N–H and O–H groups in total. The van der Waals surface area contributed by atoms with Crippen molar-refractivity contribution in [2.45, 2.75) is 63.3 Å². The van der Waals surface area contributed by atoms with Crippen LogP contribution in [0.15, 0.2) is 61.1 Å². The number of aliphatic hydroxyl groups excluding tert-OH is 1. The Balaban J connectivity index is 1.11. The maximum absolute atomic E-state index is 11.6. The van der Waals surface area contributed by atoms with Crippen LogP contribution < -0.4 is 4.74 Å². The quantitative estimate of drug-likeness (QED) is 0.106. The molecule has 0 saturated carbocycles. The van der Waals surface area contributed by atoms with Crippen LogP contribution in [0.5, 0.6) is 6.01 Å². The standard InChI is InChI=1S/C35H39ClN6O7Si/c1-45-30(44)13-21-15-38-42(17-21)29-10-9-24(16-37-29)22-5-7-23(8-6-22)31-25(36)14-26-34(39-31)40-35(41(26)20-46-11-12-50(2,3)4)49-28-19-48-32-27(43)18-47-33(28)32/h5-10,14-17,27-28,32-33,43H,11-13,18-20H2,1-4H3/t27-,28-,32?,33-/m1/s1. The number of carbonyl (C=O) groups excluding carboxylic acids is 1. The van der Waals surface area contributed by atoms with Crippen molar-refractivity contribution in [3.05, 3.63) is 71.6 Å². The van der Waals surface area contributed by atoms with Crippen molar-refractivity contribution in [1.82, 2.24) is 29.3 Å². The van der Waals surface area contributed by atoms with Crippen LogP contribution >= 0.6 is 11.6 Å². The van der Waals surface area contributed by atoms with E-state index in [1.54, 1.807) is 23.3 Å². The van der Waals surface area contributed by atoms with Crippen molar-refractivity contribution in [2.24, 2.45) is 0 Å². The molecule has 4 atom stereocenters. The Hall–Kier alpha value is -4.18. The number of ether oxygens (including phenoxy) is 5. The van der Waals surface area contributed by atoms with E-state index in [1.807, 2.05) is 47.0 Å². The third kappa shape index (κ3) is 7.31. The van der Waals surface area contributed by atoms with E-state index in [0.29, 0.717) is 40.3 Å². The molecule has 50 heavy (non-hydrogen) atoms. The number of hydrogen-bond donors (Lipinski definition) is 1. The minimum Gasteiger partial charge on any atom is -0.469 e.